The summed E-state index contributed by atoms with van der Waals surface area (Å²) >= 11 is -2.22. The highest BCUT2D eigenvalue weighted by Crippen LogP contribution is 2.39. The minimum Gasteiger partial charge on any atom is -0.497 e. The zero-order valence-corrected chi connectivity index (χ0v) is 13.0. The van der Waals surface area contributed by atoms with E-state index < -0.39 is 11.4 Å². The minimum absolute atomic E-state index is 0.0678. The maximum absolute atomic E-state index is 11.1. The topological polar surface area (TPSA) is 59.0 Å². The Labute approximate surface area is 127 Å². The first-order valence-electron chi connectivity index (χ1n) is 7.38. The average Bonchev–Trinajstić information content (AvgIpc) is 2.99. The molecular weight excluding hydrogens is 290 g/mol. The average molecular weight is 311 g/mol. The van der Waals surface area contributed by atoms with Gasteiger partial charge >= 0.3 is 11.4 Å². The maximum Gasteiger partial charge on any atom is 0.302 e. The van der Waals surface area contributed by atoms with E-state index in [1.54, 1.807) is 7.11 Å². The Balaban J connectivity index is 1.94. The molecular formula is C15H21NO4S. The smallest absolute Gasteiger partial charge is 0.302 e. The van der Waals surface area contributed by atoms with Crippen LogP contribution in [-0.2, 0) is 22.0 Å². The van der Waals surface area contributed by atoms with Crippen molar-refractivity contribution in [1.29, 1.82) is 0 Å². The van der Waals surface area contributed by atoms with Gasteiger partial charge in [-0.05, 0) is 62.0 Å². The third-order valence-corrected chi connectivity index (χ3v) is 4.87. The van der Waals surface area contributed by atoms with Crippen molar-refractivity contribution in [2.24, 2.45) is 0 Å². The van der Waals surface area contributed by atoms with Crippen molar-refractivity contribution in [2.45, 2.75) is 37.8 Å². The first-order chi connectivity index (χ1) is 10.2. The van der Waals surface area contributed by atoms with Gasteiger partial charge in [0.1, 0.15) is 5.75 Å². The summed E-state index contributed by atoms with van der Waals surface area (Å²) < 4.78 is 30.8. The molecule has 3 atom stereocenters. The summed E-state index contributed by atoms with van der Waals surface area (Å²) in [5, 5.41) is 0. The fraction of sp³-hybridized carbons (Fsp3) is 0.600. The Hall–Kier alpha value is -0.950. The summed E-state index contributed by atoms with van der Waals surface area (Å²) in [6, 6.07) is 6.18. The predicted octanol–water partition coefficient (Wildman–Crippen LogP) is 2.30. The molecule has 0 bridgehead atoms. The van der Waals surface area contributed by atoms with Crippen LogP contribution >= 0.6 is 0 Å². The molecule has 0 radical (unpaired) electrons. The first kappa shape index (κ1) is 15.0. The van der Waals surface area contributed by atoms with Crippen LogP contribution in [0.2, 0.25) is 0 Å². The van der Waals surface area contributed by atoms with Crippen LogP contribution in [0.5, 0.6) is 5.75 Å². The number of aryl methyl sites for hydroxylation is 1. The Kier molecular flexibility index (Phi) is 4.59. The number of hydrogen-bond acceptors (Lipinski definition) is 4. The fourth-order valence-corrected chi connectivity index (χ4v) is 3.94. The molecule has 1 saturated heterocycles. The molecule has 1 aliphatic heterocycles. The van der Waals surface area contributed by atoms with Gasteiger partial charge in [-0.1, -0.05) is 6.07 Å². The molecule has 5 nitrogen and oxygen atoms in total. The zero-order valence-electron chi connectivity index (χ0n) is 12.2. The van der Waals surface area contributed by atoms with E-state index in [0.29, 0.717) is 0 Å². The summed E-state index contributed by atoms with van der Waals surface area (Å²) in [7, 11) is 1.67. The molecule has 0 spiro atoms. The second kappa shape index (κ2) is 6.44. The van der Waals surface area contributed by atoms with E-state index in [0.717, 1.165) is 31.7 Å². The van der Waals surface area contributed by atoms with Crippen molar-refractivity contribution in [3.05, 3.63) is 29.3 Å². The number of nitrogens with zero attached hydrogens (tertiary/aromatic N) is 1. The van der Waals surface area contributed by atoms with Gasteiger partial charge in [-0.2, -0.15) is 4.21 Å². The van der Waals surface area contributed by atoms with E-state index in [1.807, 2.05) is 6.07 Å². The Morgan fingerprint density at radius 3 is 2.76 bits per heavy atom. The molecule has 21 heavy (non-hydrogen) atoms. The van der Waals surface area contributed by atoms with E-state index >= 15 is 0 Å². The van der Waals surface area contributed by atoms with Crippen LogP contribution < -0.4 is 4.74 Å². The van der Waals surface area contributed by atoms with Crippen LogP contribution in [0.3, 0.4) is 0 Å². The van der Waals surface area contributed by atoms with E-state index in [2.05, 4.69) is 17.0 Å². The van der Waals surface area contributed by atoms with Crippen molar-refractivity contribution in [2.75, 3.05) is 20.2 Å². The quantitative estimate of drug-likeness (QED) is 0.865. The molecule has 1 fully saturated rings. The van der Waals surface area contributed by atoms with Gasteiger partial charge in [-0.15, -0.1) is 0 Å². The van der Waals surface area contributed by atoms with E-state index in [9.17, 15) is 4.21 Å². The maximum atomic E-state index is 11.1. The molecule has 6 heteroatoms. The third-order valence-electron chi connectivity index (χ3n) is 4.46. The third kappa shape index (κ3) is 3.13. The van der Waals surface area contributed by atoms with Gasteiger partial charge in [-0.25, -0.2) is 0 Å². The molecule has 1 aliphatic carbocycles. The summed E-state index contributed by atoms with van der Waals surface area (Å²) in [6.07, 6.45) is 3.73. The Bertz CT molecular complexity index is 530. The van der Waals surface area contributed by atoms with Crippen molar-refractivity contribution in [1.82, 2.24) is 4.90 Å². The number of rotatable bonds is 4. The second-order valence-electron chi connectivity index (χ2n) is 5.64. The lowest BCUT2D eigenvalue weighted by Crippen LogP contribution is -2.39. The lowest BCUT2D eigenvalue weighted by atomic mass is 9.84. The van der Waals surface area contributed by atoms with Crippen molar-refractivity contribution >= 4 is 11.4 Å². The lowest BCUT2D eigenvalue weighted by Gasteiger charge is -2.38. The molecule has 3 rings (SSSR count). The van der Waals surface area contributed by atoms with Crippen molar-refractivity contribution in [3.8, 4) is 5.75 Å². The molecule has 1 heterocycles. The van der Waals surface area contributed by atoms with Crippen LogP contribution in [-0.4, -0.2) is 40.0 Å². The Morgan fingerprint density at radius 1 is 1.33 bits per heavy atom. The summed E-state index contributed by atoms with van der Waals surface area (Å²) in [6.45, 7) is 2.04. The largest absolute Gasteiger partial charge is 0.497 e. The Morgan fingerprint density at radius 2 is 2.10 bits per heavy atom. The highest BCUT2D eigenvalue weighted by molar-refractivity contribution is 7.74. The molecule has 0 aromatic heterocycles. The first-order valence-corrected chi connectivity index (χ1v) is 8.41. The molecule has 0 amide bonds. The van der Waals surface area contributed by atoms with Crippen LogP contribution in [0.1, 0.15) is 36.4 Å². The predicted molar refractivity (Wildman–Crippen MR) is 80.5 cm³/mol. The number of likely N-dealkylation sites (tertiary alicyclic amines) is 1. The standard InChI is InChI=1S/C15H21NO4S/c1-19-12-5-6-13-11(10-12)4-7-14(20-21(17)18)15(13)16-8-2-3-9-16/h5-6,10,14-15H,2-4,7-9H2,1H3,(H,17,18). The van der Waals surface area contributed by atoms with E-state index in [4.69, 9.17) is 13.5 Å². The highest BCUT2D eigenvalue weighted by atomic mass is 32.2. The summed E-state index contributed by atoms with van der Waals surface area (Å²) in [5.41, 5.74) is 2.47. The van der Waals surface area contributed by atoms with E-state index in [-0.39, 0.29) is 12.1 Å². The van der Waals surface area contributed by atoms with E-state index in [1.165, 1.54) is 24.0 Å². The molecule has 1 aromatic rings. The van der Waals surface area contributed by atoms with Crippen molar-refractivity contribution < 1.29 is 17.7 Å². The molecule has 116 valence electrons. The van der Waals surface area contributed by atoms with Gasteiger partial charge < -0.3 is 4.74 Å². The monoisotopic (exact) mass is 311 g/mol. The molecule has 0 saturated carbocycles. The van der Waals surface area contributed by atoms with Gasteiger partial charge in [0.2, 0.25) is 0 Å². The molecule has 2 aliphatic rings. The van der Waals surface area contributed by atoms with Gasteiger partial charge in [-0.3, -0.25) is 13.6 Å². The van der Waals surface area contributed by atoms with Gasteiger partial charge in [0.25, 0.3) is 0 Å². The number of ether oxygens (including phenoxy) is 1. The molecule has 1 aromatic carbocycles. The van der Waals surface area contributed by atoms with Crippen molar-refractivity contribution in [3.63, 3.8) is 0 Å². The van der Waals surface area contributed by atoms with Gasteiger partial charge in [0, 0.05) is 0 Å². The normalized spacial score (nSPS) is 27.3. The summed E-state index contributed by atoms with van der Waals surface area (Å²) in [4.78, 5) is 2.38. The van der Waals surface area contributed by atoms with Crippen LogP contribution in [0.4, 0.5) is 0 Å². The number of benzene rings is 1. The zero-order chi connectivity index (χ0) is 14.8. The highest BCUT2D eigenvalue weighted by Gasteiger charge is 2.37. The number of hydrogen-bond donors (Lipinski definition) is 1. The second-order valence-corrected chi connectivity index (χ2v) is 6.27. The number of fused-ring (bicyclic) bond motifs is 1. The van der Waals surface area contributed by atoms with Gasteiger partial charge in [0.05, 0.1) is 19.3 Å². The van der Waals surface area contributed by atoms with Crippen LogP contribution in [0, 0.1) is 0 Å². The SMILES string of the molecule is COc1ccc2c(c1)CCC(OS(=O)O)C2N1CCCC1. The molecule has 3 unspecified atom stereocenters. The lowest BCUT2D eigenvalue weighted by molar-refractivity contribution is 0.0699. The minimum atomic E-state index is -2.22. The summed E-state index contributed by atoms with van der Waals surface area (Å²) in [5.74, 6) is 0.860. The molecule has 1 N–H and O–H groups in total. The number of methoxy groups -OCH3 is 1. The van der Waals surface area contributed by atoms with Crippen LogP contribution in [0.25, 0.3) is 0 Å². The fourth-order valence-electron chi connectivity index (χ4n) is 3.53. The van der Waals surface area contributed by atoms with Gasteiger partial charge in [0.15, 0.2) is 0 Å². The van der Waals surface area contributed by atoms with Crippen LogP contribution in [0.15, 0.2) is 18.2 Å².